The number of rotatable bonds is 6. The summed E-state index contributed by atoms with van der Waals surface area (Å²) in [6.07, 6.45) is 14.6. The maximum Gasteiger partial charge on any atom is 0.00126 e. The van der Waals surface area contributed by atoms with Gasteiger partial charge in [0.2, 0.25) is 0 Å². The fourth-order valence-electron chi connectivity index (χ4n) is 5.65. The lowest BCUT2D eigenvalue weighted by atomic mass is 9.61. The van der Waals surface area contributed by atoms with E-state index >= 15 is 0 Å². The minimum Gasteiger partial charge on any atom is -0.314 e. The molecular formula is C26H55N. The third kappa shape index (κ3) is 7.71. The molecule has 2 saturated carbocycles. The van der Waals surface area contributed by atoms with E-state index in [0.29, 0.717) is 16.9 Å². The summed E-state index contributed by atoms with van der Waals surface area (Å²) in [5.41, 5.74) is 1.28. The largest absolute Gasteiger partial charge is 0.314 e. The van der Waals surface area contributed by atoms with Crippen LogP contribution in [0.3, 0.4) is 0 Å². The highest BCUT2D eigenvalue weighted by Gasteiger charge is 2.37. The maximum atomic E-state index is 3.64. The van der Waals surface area contributed by atoms with E-state index in [1.807, 2.05) is 0 Å². The van der Waals surface area contributed by atoms with Crippen molar-refractivity contribution in [3.63, 3.8) is 0 Å². The van der Waals surface area contributed by atoms with Crippen molar-refractivity contribution in [1.82, 2.24) is 5.32 Å². The first kappa shape index (κ1) is 27.0. The molecule has 164 valence electrons. The van der Waals surface area contributed by atoms with Crippen molar-refractivity contribution < 1.29 is 0 Å². The van der Waals surface area contributed by atoms with Crippen LogP contribution < -0.4 is 5.32 Å². The molecule has 0 aromatic carbocycles. The molecule has 0 radical (unpaired) electrons. The first-order chi connectivity index (χ1) is 12.2. The highest BCUT2D eigenvalue weighted by Crippen LogP contribution is 2.47. The molecule has 0 unspecified atom stereocenters. The van der Waals surface area contributed by atoms with Gasteiger partial charge in [0.1, 0.15) is 0 Å². The standard InChI is InChI=1S/C13H27N.C12H24.CH4/c1-11(2)13(10-14-12(3)4)8-6-5-7-9-13;1-10(2)12(11(3)4)8-6-5-7-9-12;/h11-12,14H,5-10H2,1-4H3;10-11H,5-9H2,1-4H3;1H4. The van der Waals surface area contributed by atoms with Crippen LogP contribution in [-0.4, -0.2) is 12.6 Å². The molecule has 2 rings (SSSR count). The van der Waals surface area contributed by atoms with Gasteiger partial charge in [0.15, 0.2) is 0 Å². The first-order valence-electron chi connectivity index (χ1n) is 11.9. The Morgan fingerprint density at radius 3 is 1.30 bits per heavy atom. The zero-order chi connectivity index (χ0) is 19.8. The first-order valence-corrected chi connectivity index (χ1v) is 11.9. The van der Waals surface area contributed by atoms with Gasteiger partial charge in [-0.1, -0.05) is 101 Å². The van der Waals surface area contributed by atoms with Crippen molar-refractivity contribution in [2.24, 2.45) is 28.6 Å². The Labute approximate surface area is 173 Å². The molecule has 2 aliphatic carbocycles. The molecule has 0 atom stereocenters. The van der Waals surface area contributed by atoms with Crippen LogP contribution in [0.25, 0.3) is 0 Å². The quantitative estimate of drug-likeness (QED) is 0.486. The molecule has 0 aliphatic heterocycles. The Morgan fingerprint density at radius 1 is 0.593 bits per heavy atom. The highest BCUT2D eigenvalue weighted by molar-refractivity contribution is 4.88. The summed E-state index contributed by atoms with van der Waals surface area (Å²) >= 11 is 0. The number of hydrogen-bond acceptors (Lipinski definition) is 1. The molecule has 0 saturated heterocycles. The Kier molecular flexibility index (Phi) is 12.5. The summed E-state index contributed by atoms with van der Waals surface area (Å²) in [5, 5.41) is 3.64. The van der Waals surface area contributed by atoms with Crippen LogP contribution >= 0.6 is 0 Å². The van der Waals surface area contributed by atoms with Gasteiger partial charge >= 0.3 is 0 Å². The van der Waals surface area contributed by atoms with Gasteiger partial charge in [0.25, 0.3) is 0 Å². The second kappa shape index (κ2) is 12.5. The molecule has 0 bridgehead atoms. The smallest absolute Gasteiger partial charge is 0.00126 e. The van der Waals surface area contributed by atoms with E-state index < -0.39 is 0 Å². The summed E-state index contributed by atoms with van der Waals surface area (Å²) in [5.74, 6) is 2.57. The minimum atomic E-state index is 0. The normalized spacial score (nSPS) is 21.8. The van der Waals surface area contributed by atoms with Gasteiger partial charge in [-0.3, -0.25) is 0 Å². The third-order valence-electron chi connectivity index (χ3n) is 8.02. The number of hydrogen-bond donors (Lipinski definition) is 1. The summed E-state index contributed by atoms with van der Waals surface area (Å²) in [4.78, 5) is 0. The zero-order valence-corrected chi connectivity index (χ0v) is 19.6. The molecule has 0 spiro atoms. The second-order valence-corrected chi connectivity index (χ2v) is 10.7. The summed E-state index contributed by atoms with van der Waals surface area (Å²) < 4.78 is 0. The minimum absolute atomic E-state index is 0. The summed E-state index contributed by atoms with van der Waals surface area (Å²) in [6.45, 7) is 20.1. The topological polar surface area (TPSA) is 12.0 Å². The average molecular weight is 382 g/mol. The van der Waals surface area contributed by atoms with Crippen LogP contribution in [0, 0.1) is 28.6 Å². The van der Waals surface area contributed by atoms with E-state index in [2.05, 4.69) is 60.7 Å². The summed E-state index contributed by atoms with van der Waals surface area (Å²) in [7, 11) is 0. The molecular weight excluding hydrogens is 326 g/mol. The van der Waals surface area contributed by atoms with Crippen LogP contribution in [0.1, 0.15) is 127 Å². The Bertz CT molecular complexity index is 344. The summed E-state index contributed by atoms with van der Waals surface area (Å²) in [6, 6.07) is 0.632. The SMILES string of the molecule is C.CC(C)C1(C(C)C)CCCCC1.CC(C)NCC1(C(C)C)CCCCC1. The Balaban J connectivity index is 0.000000488. The molecule has 1 N–H and O–H groups in total. The van der Waals surface area contributed by atoms with Crippen molar-refractivity contribution >= 4 is 0 Å². The van der Waals surface area contributed by atoms with Gasteiger partial charge in [0.05, 0.1) is 0 Å². The third-order valence-corrected chi connectivity index (χ3v) is 8.02. The van der Waals surface area contributed by atoms with Crippen LogP contribution in [0.2, 0.25) is 0 Å². The van der Waals surface area contributed by atoms with Crippen molar-refractivity contribution in [1.29, 1.82) is 0 Å². The van der Waals surface area contributed by atoms with E-state index in [1.165, 1.54) is 70.8 Å². The van der Waals surface area contributed by atoms with Crippen LogP contribution in [0.5, 0.6) is 0 Å². The molecule has 0 aromatic rings. The monoisotopic (exact) mass is 381 g/mol. The van der Waals surface area contributed by atoms with Gasteiger partial charge in [-0.25, -0.2) is 0 Å². The molecule has 27 heavy (non-hydrogen) atoms. The molecule has 2 aliphatic rings. The maximum absolute atomic E-state index is 3.64. The Hall–Kier alpha value is -0.0400. The van der Waals surface area contributed by atoms with Gasteiger partial charge in [0, 0.05) is 12.6 Å². The van der Waals surface area contributed by atoms with E-state index in [4.69, 9.17) is 0 Å². The van der Waals surface area contributed by atoms with Crippen LogP contribution in [0.4, 0.5) is 0 Å². The van der Waals surface area contributed by atoms with Crippen molar-refractivity contribution in [2.75, 3.05) is 6.54 Å². The molecule has 0 heterocycles. The highest BCUT2D eigenvalue weighted by atomic mass is 14.9. The van der Waals surface area contributed by atoms with E-state index in [0.717, 1.165) is 17.8 Å². The van der Waals surface area contributed by atoms with Gasteiger partial charge in [-0.05, 0) is 54.3 Å². The molecule has 1 nitrogen and oxygen atoms in total. The predicted molar refractivity (Wildman–Crippen MR) is 125 cm³/mol. The van der Waals surface area contributed by atoms with Crippen LogP contribution in [-0.2, 0) is 0 Å². The lowest BCUT2D eigenvalue weighted by Gasteiger charge is -2.44. The molecule has 2 fully saturated rings. The number of nitrogens with one attached hydrogen (secondary N) is 1. The van der Waals surface area contributed by atoms with Crippen molar-refractivity contribution in [3.8, 4) is 0 Å². The molecule has 0 amide bonds. The predicted octanol–water partition coefficient (Wildman–Crippen LogP) is 8.48. The van der Waals surface area contributed by atoms with E-state index in [1.54, 1.807) is 0 Å². The molecule has 0 aromatic heterocycles. The fraction of sp³-hybridized carbons (Fsp3) is 1.00. The molecule has 1 heteroatoms. The van der Waals surface area contributed by atoms with E-state index in [9.17, 15) is 0 Å². The zero-order valence-electron chi connectivity index (χ0n) is 19.6. The lowest BCUT2D eigenvalue weighted by Crippen LogP contribution is -2.42. The van der Waals surface area contributed by atoms with Gasteiger partial charge in [-0.2, -0.15) is 0 Å². The van der Waals surface area contributed by atoms with Crippen molar-refractivity contribution in [3.05, 3.63) is 0 Å². The lowest BCUT2D eigenvalue weighted by molar-refractivity contribution is 0.0587. The van der Waals surface area contributed by atoms with E-state index in [-0.39, 0.29) is 7.43 Å². The Morgan fingerprint density at radius 2 is 1.00 bits per heavy atom. The van der Waals surface area contributed by atoms with Gasteiger partial charge < -0.3 is 5.32 Å². The van der Waals surface area contributed by atoms with Crippen molar-refractivity contribution in [2.45, 2.75) is 133 Å². The second-order valence-electron chi connectivity index (χ2n) is 10.7. The van der Waals surface area contributed by atoms with Gasteiger partial charge in [-0.15, -0.1) is 0 Å². The van der Waals surface area contributed by atoms with Crippen LogP contribution in [0.15, 0.2) is 0 Å². The fourth-order valence-corrected chi connectivity index (χ4v) is 5.65. The average Bonchev–Trinajstić information content (AvgIpc) is 2.61.